The van der Waals surface area contributed by atoms with Gasteiger partial charge in [-0.05, 0) is 56.0 Å². The first-order valence-electron chi connectivity index (χ1n) is 13.6. The Labute approximate surface area is 240 Å². The molecule has 2 fully saturated rings. The smallest absolute Gasteiger partial charge is 0.302 e. The van der Waals surface area contributed by atoms with E-state index in [-0.39, 0.29) is 36.5 Å². The molecule has 41 heavy (non-hydrogen) atoms. The molecule has 1 aliphatic carbocycles. The molecule has 11 heteroatoms. The van der Waals surface area contributed by atoms with Gasteiger partial charge >= 0.3 is 5.97 Å². The minimum Gasteiger partial charge on any atom is -0.497 e. The van der Waals surface area contributed by atoms with Crippen LogP contribution in [0.2, 0.25) is 0 Å². The van der Waals surface area contributed by atoms with Crippen LogP contribution < -0.4 is 4.74 Å². The Morgan fingerprint density at radius 2 is 1.63 bits per heavy atom. The highest BCUT2D eigenvalue weighted by Gasteiger charge is 2.58. The average molecular weight is 585 g/mol. The van der Waals surface area contributed by atoms with Crippen LogP contribution in [0.5, 0.6) is 5.75 Å². The number of esters is 1. The molecule has 1 spiro atoms. The highest BCUT2D eigenvalue weighted by Crippen LogP contribution is 2.45. The normalized spacial score (nSPS) is 19.2. The highest BCUT2D eigenvalue weighted by atomic mass is 32.2. The molecule has 0 aromatic heterocycles. The maximum absolute atomic E-state index is 14.3. The largest absolute Gasteiger partial charge is 0.497 e. The molecule has 1 saturated carbocycles. The van der Waals surface area contributed by atoms with Crippen LogP contribution in [-0.4, -0.2) is 72.5 Å². The number of carbonyl (C=O) groups is 4. The molecule has 0 unspecified atom stereocenters. The summed E-state index contributed by atoms with van der Waals surface area (Å²) in [5.74, 6) is -1.12. The van der Waals surface area contributed by atoms with E-state index in [1.54, 1.807) is 36.3 Å². The van der Waals surface area contributed by atoms with Crippen molar-refractivity contribution in [1.29, 1.82) is 0 Å². The van der Waals surface area contributed by atoms with E-state index in [1.807, 2.05) is 19.1 Å². The van der Waals surface area contributed by atoms with Crippen LogP contribution in [0.15, 0.2) is 53.4 Å². The summed E-state index contributed by atoms with van der Waals surface area (Å²) in [4.78, 5) is 53.0. The molecular weight excluding hydrogens is 548 g/mol. The zero-order valence-electron chi connectivity index (χ0n) is 23.8. The van der Waals surface area contributed by atoms with Gasteiger partial charge in [-0.25, -0.2) is 12.7 Å². The summed E-state index contributed by atoms with van der Waals surface area (Å²) in [6.07, 6.45) is 1.44. The summed E-state index contributed by atoms with van der Waals surface area (Å²) in [5, 5.41) is 0. The van der Waals surface area contributed by atoms with Crippen LogP contribution in [0, 0.1) is 6.92 Å². The number of nitrogens with zero attached hydrogens (tertiary/aromatic N) is 2. The number of sulfonamides is 1. The van der Waals surface area contributed by atoms with Crippen LogP contribution in [0.1, 0.15) is 57.1 Å². The fraction of sp³-hybridized carbons (Fsp3) is 0.467. The number of likely N-dealkylation sites (tertiary alicyclic amines) is 1. The molecule has 0 radical (unpaired) electrons. The predicted octanol–water partition coefficient (Wildman–Crippen LogP) is 3.20. The third-order valence-electron chi connectivity index (χ3n) is 7.99. The first-order chi connectivity index (χ1) is 19.4. The van der Waals surface area contributed by atoms with E-state index in [4.69, 9.17) is 9.47 Å². The van der Waals surface area contributed by atoms with Crippen molar-refractivity contribution in [2.24, 2.45) is 0 Å². The van der Waals surface area contributed by atoms with Crippen LogP contribution in [-0.2, 0) is 40.4 Å². The number of rotatable bonds is 9. The Hall–Kier alpha value is -3.73. The molecule has 2 aliphatic rings. The lowest BCUT2D eigenvalue weighted by Gasteiger charge is -2.45. The second-order valence-electron chi connectivity index (χ2n) is 10.8. The van der Waals surface area contributed by atoms with Crippen molar-refractivity contribution in [2.45, 2.75) is 81.8 Å². The van der Waals surface area contributed by atoms with Crippen LogP contribution in [0.3, 0.4) is 0 Å². The standard InChI is InChI=1S/C30H36N2O8S/c1-20-5-11-27(12-6-20)41(37,38)32(21(2)33)28-18-30(15-13-25(35)14-16-30)31(29(28)36)24(19-40-22(3)34)17-23-7-9-26(39-4)10-8-23/h5-12,24,28H,13-19H2,1-4H3/t24-,28-/m0/s1. The van der Waals surface area contributed by atoms with Crippen molar-refractivity contribution in [2.75, 3.05) is 13.7 Å². The number of Topliss-reactive ketones (excluding diaryl/α,β-unsaturated/α-hetero) is 1. The molecule has 2 atom stereocenters. The maximum atomic E-state index is 14.3. The van der Waals surface area contributed by atoms with Gasteiger partial charge in [-0.3, -0.25) is 19.2 Å². The molecule has 1 heterocycles. The number of ether oxygens (including phenoxy) is 2. The Morgan fingerprint density at radius 3 is 2.17 bits per heavy atom. The van der Waals surface area contributed by atoms with E-state index in [0.717, 1.165) is 18.1 Å². The van der Waals surface area contributed by atoms with Crippen molar-refractivity contribution < 1.29 is 37.1 Å². The Balaban J connectivity index is 1.77. The molecule has 220 valence electrons. The van der Waals surface area contributed by atoms with E-state index in [1.165, 1.54) is 19.1 Å². The van der Waals surface area contributed by atoms with E-state index in [9.17, 15) is 27.6 Å². The third kappa shape index (κ3) is 6.29. The Kier molecular flexibility index (Phi) is 8.86. The van der Waals surface area contributed by atoms with Gasteiger partial charge in [0.15, 0.2) is 0 Å². The lowest BCUT2D eigenvalue weighted by Crippen LogP contribution is -2.56. The molecule has 0 N–H and O–H groups in total. The average Bonchev–Trinajstić information content (AvgIpc) is 3.19. The molecule has 2 aromatic carbocycles. The van der Waals surface area contributed by atoms with Crippen LogP contribution in [0.25, 0.3) is 0 Å². The van der Waals surface area contributed by atoms with Gasteiger partial charge in [-0.15, -0.1) is 0 Å². The van der Waals surface area contributed by atoms with E-state index >= 15 is 0 Å². The summed E-state index contributed by atoms with van der Waals surface area (Å²) >= 11 is 0. The van der Waals surface area contributed by atoms with Gasteiger partial charge in [0, 0.05) is 38.6 Å². The van der Waals surface area contributed by atoms with Crippen LogP contribution >= 0.6 is 0 Å². The third-order valence-corrected chi connectivity index (χ3v) is 9.89. The molecule has 0 bridgehead atoms. The van der Waals surface area contributed by atoms with Crippen LogP contribution in [0.4, 0.5) is 0 Å². The number of methoxy groups -OCH3 is 1. The fourth-order valence-corrected chi connectivity index (χ4v) is 7.53. The maximum Gasteiger partial charge on any atom is 0.302 e. The van der Waals surface area contributed by atoms with Gasteiger partial charge in [0.1, 0.15) is 24.2 Å². The monoisotopic (exact) mass is 584 g/mol. The van der Waals surface area contributed by atoms with Gasteiger partial charge in [-0.1, -0.05) is 29.8 Å². The van der Waals surface area contributed by atoms with Gasteiger partial charge in [0.25, 0.3) is 10.0 Å². The van der Waals surface area contributed by atoms with Gasteiger partial charge in [-0.2, -0.15) is 0 Å². The number of hydrogen-bond donors (Lipinski definition) is 0. The molecular formula is C30H36N2O8S. The minimum absolute atomic E-state index is 0.0446. The minimum atomic E-state index is -4.37. The summed E-state index contributed by atoms with van der Waals surface area (Å²) in [6, 6.07) is 11.4. The lowest BCUT2D eigenvalue weighted by molar-refractivity contribution is -0.149. The number of amides is 2. The fourth-order valence-electron chi connectivity index (χ4n) is 5.98. The Bertz CT molecular complexity index is 1410. The summed E-state index contributed by atoms with van der Waals surface area (Å²) < 4.78 is 38.9. The van der Waals surface area contributed by atoms with Gasteiger partial charge in [0.05, 0.1) is 18.0 Å². The highest BCUT2D eigenvalue weighted by molar-refractivity contribution is 7.89. The number of ketones is 1. The first-order valence-corrected chi connectivity index (χ1v) is 15.0. The summed E-state index contributed by atoms with van der Waals surface area (Å²) in [7, 11) is -2.81. The van der Waals surface area contributed by atoms with Crippen molar-refractivity contribution >= 4 is 33.6 Å². The number of benzene rings is 2. The topological polar surface area (TPSA) is 127 Å². The molecule has 1 saturated heterocycles. The molecule has 2 aromatic rings. The second kappa shape index (κ2) is 12.0. The predicted molar refractivity (Wildman–Crippen MR) is 149 cm³/mol. The number of hydrogen-bond acceptors (Lipinski definition) is 8. The molecule has 4 rings (SSSR count). The molecule has 10 nitrogen and oxygen atoms in total. The molecule has 1 aliphatic heterocycles. The van der Waals surface area contributed by atoms with E-state index in [0.29, 0.717) is 29.3 Å². The van der Waals surface area contributed by atoms with Crippen molar-refractivity contribution in [3.05, 3.63) is 59.7 Å². The number of aryl methyl sites for hydroxylation is 1. The summed E-state index contributed by atoms with van der Waals surface area (Å²) in [6.45, 7) is 4.10. The first kappa shape index (κ1) is 30.2. The van der Waals surface area contributed by atoms with Gasteiger partial charge < -0.3 is 14.4 Å². The zero-order valence-corrected chi connectivity index (χ0v) is 24.6. The zero-order chi connectivity index (χ0) is 29.9. The van der Waals surface area contributed by atoms with E-state index in [2.05, 4.69) is 0 Å². The van der Waals surface area contributed by atoms with Crippen molar-refractivity contribution in [1.82, 2.24) is 9.21 Å². The Morgan fingerprint density at radius 1 is 1.02 bits per heavy atom. The van der Waals surface area contributed by atoms with Crippen molar-refractivity contribution in [3.8, 4) is 5.75 Å². The second-order valence-corrected chi connectivity index (χ2v) is 12.6. The lowest BCUT2D eigenvalue weighted by atomic mass is 9.78. The summed E-state index contributed by atoms with van der Waals surface area (Å²) in [5.41, 5.74) is 0.805. The number of carbonyl (C=O) groups excluding carboxylic acids is 4. The SMILES string of the molecule is COc1ccc(C[C@@H](COC(C)=O)N2C(=O)[C@@H](N(C(C)=O)S(=O)(=O)c3ccc(C)cc3)CC23CCC(=O)CC3)cc1. The van der Waals surface area contributed by atoms with E-state index < -0.39 is 45.4 Å². The molecule has 2 amide bonds. The van der Waals surface area contributed by atoms with Gasteiger partial charge in [0.2, 0.25) is 11.8 Å². The quantitative estimate of drug-likeness (QED) is 0.411. The van der Waals surface area contributed by atoms with Crippen molar-refractivity contribution in [3.63, 3.8) is 0 Å².